The molecule has 5 N–H and O–H groups in total. The van der Waals surface area contributed by atoms with E-state index in [0.29, 0.717) is 0 Å². The summed E-state index contributed by atoms with van der Waals surface area (Å²) in [6.07, 6.45) is 4.87. The van der Waals surface area contributed by atoms with E-state index in [4.69, 9.17) is 11.6 Å². The summed E-state index contributed by atoms with van der Waals surface area (Å²) in [4.78, 5) is 0. The van der Waals surface area contributed by atoms with Crippen molar-refractivity contribution in [3.63, 3.8) is 0 Å². The molecule has 0 aliphatic rings. The van der Waals surface area contributed by atoms with E-state index < -0.39 is 0 Å². The highest BCUT2D eigenvalue weighted by Crippen LogP contribution is 2.33. The summed E-state index contributed by atoms with van der Waals surface area (Å²) < 4.78 is 0. The third-order valence-electron chi connectivity index (χ3n) is 4.14. The molecule has 2 rings (SSSR count). The Morgan fingerprint density at radius 1 is 1.15 bits per heavy atom. The zero-order valence-corrected chi connectivity index (χ0v) is 17.3. The highest BCUT2D eigenvalue weighted by atomic mass is 35.5. The smallest absolute Gasteiger partial charge is 0.131 e. The second-order valence-electron chi connectivity index (χ2n) is 6.60. The minimum absolute atomic E-state index is 0.0855. The van der Waals surface area contributed by atoms with Crippen LogP contribution in [-0.2, 0) is 5.41 Å². The molecule has 0 atom stereocenters. The summed E-state index contributed by atoms with van der Waals surface area (Å²) >= 11 is 6.13. The van der Waals surface area contributed by atoms with Gasteiger partial charge in [-0.05, 0) is 43.0 Å². The zero-order valence-electron chi connectivity index (χ0n) is 16.6. The molecule has 0 aliphatic carbocycles. The van der Waals surface area contributed by atoms with E-state index >= 15 is 0 Å². The van der Waals surface area contributed by atoms with Gasteiger partial charge in [0.1, 0.15) is 11.4 Å². The van der Waals surface area contributed by atoms with Gasteiger partial charge in [0.25, 0.3) is 0 Å². The first-order chi connectivity index (χ1) is 12.3. The van der Waals surface area contributed by atoms with Crippen molar-refractivity contribution in [2.45, 2.75) is 46.5 Å². The SMILES string of the molecule is CC.CCNc1ccc(/C=C/CC(C)(C)c2cc(Cl)ccc2[NH3+])c(O)c1. The number of halogens is 1. The van der Waals surface area contributed by atoms with Crippen LogP contribution in [0.5, 0.6) is 5.75 Å². The lowest BCUT2D eigenvalue weighted by Crippen LogP contribution is -2.43. The van der Waals surface area contributed by atoms with Crippen LogP contribution >= 0.6 is 11.6 Å². The summed E-state index contributed by atoms with van der Waals surface area (Å²) in [5, 5.41) is 14.0. The normalized spacial score (nSPS) is 11.2. The molecule has 0 heterocycles. The van der Waals surface area contributed by atoms with Crippen molar-refractivity contribution in [3.8, 4) is 5.75 Å². The average molecular weight is 376 g/mol. The molecule has 0 saturated heterocycles. The lowest BCUT2D eigenvalue weighted by Gasteiger charge is -2.24. The van der Waals surface area contributed by atoms with E-state index in [1.807, 2.05) is 57.2 Å². The molecule has 0 spiro atoms. The Labute approximate surface area is 162 Å². The number of hydrogen-bond donors (Lipinski definition) is 3. The van der Waals surface area contributed by atoms with E-state index in [2.05, 4.69) is 31.0 Å². The lowest BCUT2D eigenvalue weighted by atomic mass is 9.80. The largest absolute Gasteiger partial charge is 0.507 e. The summed E-state index contributed by atoms with van der Waals surface area (Å²) in [6, 6.07) is 11.4. The van der Waals surface area contributed by atoms with Crippen LogP contribution in [0.25, 0.3) is 6.08 Å². The van der Waals surface area contributed by atoms with Gasteiger partial charge in [0.15, 0.2) is 0 Å². The van der Waals surface area contributed by atoms with Crippen LogP contribution in [0.4, 0.5) is 11.4 Å². The van der Waals surface area contributed by atoms with Crippen molar-refractivity contribution >= 4 is 29.1 Å². The van der Waals surface area contributed by atoms with Crippen molar-refractivity contribution in [3.05, 3.63) is 58.6 Å². The first-order valence-electron chi connectivity index (χ1n) is 9.19. The van der Waals surface area contributed by atoms with Crippen LogP contribution in [0.1, 0.15) is 52.2 Å². The standard InChI is InChI=1S/C20H25ClN2O.C2H6/c1-4-23-16-9-7-14(19(24)13-16)6-5-11-20(2,3)17-12-15(21)8-10-18(17)22;1-2/h5-10,12-13,23-24H,4,11,22H2,1-3H3;1-2H3/p+1/b6-5+;. The summed E-state index contributed by atoms with van der Waals surface area (Å²) in [6.45, 7) is 11.2. The minimum Gasteiger partial charge on any atom is -0.507 e. The first kappa shape index (κ1) is 22.1. The minimum atomic E-state index is -0.0855. The van der Waals surface area contributed by atoms with E-state index in [1.165, 1.54) is 0 Å². The molecule has 142 valence electrons. The Morgan fingerprint density at radius 3 is 2.46 bits per heavy atom. The predicted molar refractivity (Wildman–Crippen MR) is 114 cm³/mol. The van der Waals surface area contributed by atoms with Crippen LogP contribution in [0.3, 0.4) is 0 Å². The Bertz CT molecular complexity index is 739. The number of phenols is 1. The van der Waals surface area contributed by atoms with E-state index in [0.717, 1.165) is 40.5 Å². The molecule has 0 unspecified atom stereocenters. The molecule has 0 amide bonds. The maximum atomic E-state index is 10.1. The number of rotatable bonds is 6. The average Bonchev–Trinajstić information content (AvgIpc) is 2.61. The molecule has 2 aromatic rings. The number of benzene rings is 2. The van der Waals surface area contributed by atoms with Crippen LogP contribution in [0, 0.1) is 0 Å². The molecule has 0 radical (unpaired) electrons. The van der Waals surface area contributed by atoms with Gasteiger partial charge < -0.3 is 16.2 Å². The quantitative estimate of drug-likeness (QED) is 0.601. The fraction of sp³-hybridized carbons (Fsp3) is 0.364. The number of hydrogen-bond acceptors (Lipinski definition) is 2. The topological polar surface area (TPSA) is 59.9 Å². The molecule has 4 heteroatoms. The summed E-state index contributed by atoms with van der Waals surface area (Å²) in [5.41, 5.74) is 7.90. The van der Waals surface area contributed by atoms with Gasteiger partial charge in [0, 0.05) is 40.5 Å². The molecular weight excluding hydrogens is 344 g/mol. The van der Waals surface area contributed by atoms with Crippen LogP contribution < -0.4 is 11.1 Å². The fourth-order valence-corrected chi connectivity index (χ4v) is 2.94. The lowest BCUT2D eigenvalue weighted by molar-refractivity contribution is -0.256. The number of aromatic hydroxyl groups is 1. The number of anilines is 1. The molecule has 0 fully saturated rings. The Kier molecular flexibility index (Phi) is 8.70. The van der Waals surface area contributed by atoms with E-state index in [9.17, 15) is 5.11 Å². The van der Waals surface area contributed by atoms with Gasteiger partial charge in [-0.15, -0.1) is 0 Å². The van der Waals surface area contributed by atoms with Gasteiger partial charge >= 0.3 is 0 Å². The fourth-order valence-electron chi connectivity index (χ4n) is 2.77. The number of phenolic OH excluding ortho intramolecular Hbond substituents is 1. The van der Waals surface area contributed by atoms with Gasteiger partial charge in [-0.3, -0.25) is 0 Å². The van der Waals surface area contributed by atoms with Gasteiger partial charge in [-0.2, -0.15) is 0 Å². The first-order valence-corrected chi connectivity index (χ1v) is 9.56. The van der Waals surface area contributed by atoms with Crippen LogP contribution in [0.15, 0.2) is 42.5 Å². The summed E-state index contributed by atoms with van der Waals surface area (Å²) in [7, 11) is 0. The third kappa shape index (κ3) is 6.08. The van der Waals surface area contributed by atoms with Crippen LogP contribution in [0.2, 0.25) is 5.02 Å². The van der Waals surface area contributed by atoms with Crippen molar-refractivity contribution < 1.29 is 10.8 Å². The highest BCUT2D eigenvalue weighted by Gasteiger charge is 2.23. The predicted octanol–water partition coefficient (Wildman–Crippen LogP) is 5.76. The maximum absolute atomic E-state index is 10.1. The van der Waals surface area contributed by atoms with Gasteiger partial charge in [0.2, 0.25) is 0 Å². The van der Waals surface area contributed by atoms with Gasteiger partial charge in [-0.25, -0.2) is 0 Å². The van der Waals surface area contributed by atoms with Gasteiger partial charge in [-0.1, -0.05) is 51.4 Å². The van der Waals surface area contributed by atoms with E-state index in [-0.39, 0.29) is 11.2 Å². The molecule has 3 nitrogen and oxygen atoms in total. The molecule has 0 aromatic heterocycles. The number of allylic oxidation sites excluding steroid dienone is 1. The van der Waals surface area contributed by atoms with E-state index in [1.54, 1.807) is 6.07 Å². The Morgan fingerprint density at radius 2 is 1.85 bits per heavy atom. The van der Waals surface area contributed by atoms with Crippen molar-refractivity contribution in [2.75, 3.05) is 11.9 Å². The third-order valence-corrected chi connectivity index (χ3v) is 4.37. The second kappa shape index (κ2) is 10.2. The van der Waals surface area contributed by atoms with Crippen LogP contribution in [-0.4, -0.2) is 11.7 Å². The zero-order chi connectivity index (χ0) is 19.7. The molecule has 2 aromatic carbocycles. The highest BCUT2D eigenvalue weighted by molar-refractivity contribution is 6.30. The Balaban J connectivity index is 0.00000163. The molecule has 0 aliphatic heterocycles. The molecule has 0 saturated carbocycles. The number of nitrogens with one attached hydrogen (secondary N) is 1. The summed E-state index contributed by atoms with van der Waals surface area (Å²) in [5.74, 6) is 0.281. The monoisotopic (exact) mass is 375 g/mol. The molecule has 0 bridgehead atoms. The van der Waals surface area contributed by atoms with Gasteiger partial charge in [0.05, 0.1) is 0 Å². The maximum Gasteiger partial charge on any atom is 0.131 e. The molecular formula is C22H32ClN2O+. The van der Waals surface area contributed by atoms with Crippen molar-refractivity contribution in [1.29, 1.82) is 0 Å². The number of quaternary nitrogens is 1. The Hall–Kier alpha value is -1.97. The van der Waals surface area contributed by atoms with Crippen molar-refractivity contribution in [1.82, 2.24) is 0 Å². The molecule has 26 heavy (non-hydrogen) atoms. The second-order valence-corrected chi connectivity index (χ2v) is 7.03. The van der Waals surface area contributed by atoms with Crippen molar-refractivity contribution in [2.24, 2.45) is 0 Å².